The van der Waals surface area contributed by atoms with E-state index in [2.05, 4.69) is 4.98 Å². The Balaban J connectivity index is 1.84. The molecule has 0 fully saturated rings. The maximum absolute atomic E-state index is 11.9. The van der Waals surface area contributed by atoms with Gasteiger partial charge in [-0.15, -0.1) is 23.1 Å². The van der Waals surface area contributed by atoms with Gasteiger partial charge in [-0.2, -0.15) is 0 Å². The van der Waals surface area contributed by atoms with Crippen molar-refractivity contribution in [2.45, 2.75) is 17.6 Å². The third-order valence-electron chi connectivity index (χ3n) is 2.90. The van der Waals surface area contributed by atoms with E-state index in [9.17, 15) is 4.79 Å². The van der Waals surface area contributed by atoms with E-state index in [-0.39, 0.29) is 5.56 Å². The Labute approximate surface area is 124 Å². The number of anilines is 1. The smallest absolute Gasteiger partial charge is 0.258 e. The van der Waals surface area contributed by atoms with Gasteiger partial charge in [-0.05, 0) is 24.6 Å². The number of thiazole rings is 1. The van der Waals surface area contributed by atoms with Gasteiger partial charge in [-0.1, -0.05) is 6.07 Å². The molecule has 0 atom stereocenters. The molecule has 0 radical (unpaired) electrons. The van der Waals surface area contributed by atoms with Crippen LogP contribution >= 0.6 is 23.1 Å². The zero-order valence-electron chi connectivity index (χ0n) is 10.9. The van der Waals surface area contributed by atoms with Crippen LogP contribution in [0.3, 0.4) is 0 Å². The second-order valence-corrected chi connectivity index (χ2v) is 6.36. The topological polar surface area (TPSA) is 60.4 Å². The summed E-state index contributed by atoms with van der Waals surface area (Å²) in [6.45, 7) is 2.01. The molecule has 2 heterocycles. The molecule has 2 N–H and O–H groups in total. The van der Waals surface area contributed by atoms with Crippen molar-refractivity contribution >= 4 is 33.7 Å². The summed E-state index contributed by atoms with van der Waals surface area (Å²) in [6.07, 6.45) is 1.74. The van der Waals surface area contributed by atoms with Crippen molar-refractivity contribution in [3.63, 3.8) is 0 Å². The minimum absolute atomic E-state index is 0.0382. The third kappa shape index (κ3) is 2.57. The molecule has 1 aromatic carbocycles. The van der Waals surface area contributed by atoms with Crippen LogP contribution in [0.5, 0.6) is 0 Å². The van der Waals surface area contributed by atoms with Crippen molar-refractivity contribution in [2.24, 2.45) is 0 Å². The molecule has 0 saturated carbocycles. The van der Waals surface area contributed by atoms with Crippen LogP contribution < -0.4 is 11.3 Å². The first kappa shape index (κ1) is 13.2. The quantitative estimate of drug-likeness (QED) is 0.597. The standard InChI is InChI=1S/C14H13N3OS2/c1-9-2-3-12(11(15)6-9)20-8-10-7-13(18)17-4-5-19-14(17)16-10/h2-7H,8,15H2,1H3. The Morgan fingerprint density at radius 2 is 2.25 bits per heavy atom. The van der Waals surface area contributed by atoms with Crippen molar-refractivity contribution in [1.82, 2.24) is 9.38 Å². The molecule has 0 amide bonds. The number of benzene rings is 1. The lowest BCUT2D eigenvalue weighted by Gasteiger charge is -2.06. The van der Waals surface area contributed by atoms with Gasteiger partial charge in [-0.3, -0.25) is 9.20 Å². The van der Waals surface area contributed by atoms with Gasteiger partial charge >= 0.3 is 0 Å². The van der Waals surface area contributed by atoms with Crippen LogP contribution in [-0.4, -0.2) is 9.38 Å². The fourth-order valence-corrected chi connectivity index (χ4v) is 3.49. The number of rotatable bonds is 3. The Bertz CT molecular complexity index is 823. The SMILES string of the molecule is Cc1ccc(SCc2cc(=O)n3ccsc3n2)c(N)c1. The average Bonchev–Trinajstić information content (AvgIpc) is 2.86. The lowest BCUT2D eigenvalue weighted by Crippen LogP contribution is -2.12. The van der Waals surface area contributed by atoms with Gasteiger partial charge in [0, 0.05) is 34.0 Å². The van der Waals surface area contributed by atoms with Crippen LogP contribution in [0.25, 0.3) is 4.96 Å². The maximum Gasteiger partial charge on any atom is 0.258 e. The highest BCUT2D eigenvalue weighted by molar-refractivity contribution is 7.98. The predicted molar refractivity (Wildman–Crippen MR) is 84.5 cm³/mol. The summed E-state index contributed by atoms with van der Waals surface area (Å²) in [6, 6.07) is 7.57. The zero-order valence-corrected chi connectivity index (χ0v) is 12.5. The first-order chi connectivity index (χ1) is 9.63. The molecule has 0 aliphatic heterocycles. The van der Waals surface area contributed by atoms with E-state index in [1.165, 1.54) is 11.3 Å². The molecule has 0 unspecified atom stereocenters. The van der Waals surface area contributed by atoms with Crippen LogP contribution in [0.15, 0.2) is 45.5 Å². The van der Waals surface area contributed by atoms with E-state index in [0.717, 1.165) is 26.8 Å². The highest BCUT2D eigenvalue weighted by Gasteiger charge is 2.06. The second kappa shape index (κ2) is 5.30. The van der Waals surface area contributed by atoms with E-state index in [0.29, 0.717) is 5.75 Å². The van der Waals surface area contributed by atoms with Crippen LogP contribution in [0.4, 0.5) is 5.69 Å². The number of aryl methyl sites for hydroxylation is 1. The third-order valence-corrected chi connectivity index (χ3v) is 4.78. The lowest BCUT2D eigenvalue weighted by molar-refractivity contribution is 1.04. The molecule has 102 valence electrons. The minimum Gasteiger partial charge on any atom is -0.398 e. The Morgan fingerprint density at radius 1 is 1.40 bits per heavy atom. The van der Waals surface area contributed by atoms with Gasteiger partial charge in [0.25, 0.3) is 5.56 Å². The summed E-state index contributed by atoms with van der Waals surface area (Å²) in [7, 11) is 0. The van der Waals surface area contributed by atoms with E-state index in [1.54, 1.807) is 28.4 Å². The summed E-state index contributed by atoms with van der Waals surface area (Å²) in [4.78, 5) is 18.1. The summed E-state index contributed by atoms with van der Waals surface area (Å²) in [5.74, 6) is 0.636. The number of nitrogen functional groups attached to an aromatic ring is 1. The van der Waals surface area contributed by atoms with Gasteiger partial charge in [0.05, 0.1) is 5.69 Å². The Kier molecular flexibility index (Phi) is 3.50. The van der Waals surface area contributed by atoms with Gasteiger partial charge in [0.2, 0.25) is 0 Å². The van der Waals surface area contributed by atoms with Crippen molar-refractivity contribution < 1.29 is 0 Å². The molecule has 6 heteroatoms. The molecule has 0 aliphatic rings. The van der Waals surface area contributed by atoms with E-state index >= 15 is 0 Å². The molecule has 0 aliphatic carbocycles. The van der Waals surface area contributed by atoms with Crippen molar-refractivity contribution in [2.75, 3.05) is 5.73 Å². The van der Waals surface area contributed by atoms with Gasteiger partial charge in [-0.25, -0.2) is 4.98 Å². The van der Waals surface area contributed by atoms with Crippen molar-refractivity contribution in [3.05, 3.63) is 57.5 Å². The fraction of sp³-hybridized carbons (Fsp3) is 0.143. The van der Waals surface area contributed by atoms with Crippen molar-refractivity contribution in [1.29, 1.82) is 0 Å². The first-order valence-electron chi connectivity index (χ1n) is 6.08. The molecule has 0 spiro atoms. The second-order valence-electron chi connectivity index (χ2n) is 4.47. The monoisotopic (exact) mass is 303 g/mol. The molecular weight excluding hydrogens is 290 g/mol. The molecule has 0 bridgehead atoms. The number of nitrogens with two attached hydrogens (primary N) is 1. The van der Waals surface area contributed by atoms with E-state index < -0.39 is 0 Å². The fourth-order valence-electron chi connectivity index (χ4n) is 1.91. The molecule has 4 nitrogen and oxygen atoms in total. The molecular formula is C14H13N3OS2. The highest BCUT2D eigenvalue weighted by Crippen LogP contribution is 2.28. The molecule has 20 heavy (non-hydrogen) atoms. The number of nitrogens with zero attached hydrogens (tertiary/aromatic N) is 2. The predicted octanol–water partition coefficient (Wildman–Crippen LogP) is 2.94. The van der Waals surface area contributed by atoms with Crippen molar-refractivity contribution in [3.8, 4) is 0 Å². The largest absolute Gasteiger partial charge is 0.398 e. The van der Waals surface area contributed by atoms with Gasteiger partial charge < -0.3 is 5.73 Å². The Hall–Kier alpha value is -1.79. The summed E-state index contributed by atoms with van der Waals surface area (Å²) >= 11 is 3.06. The number of aromatic nitrogens is 2. The van der Waals surface area contributed by atoms with Gasteiger partial charge in [0.15, 0.2) is 4.96 Å². The Morgan fingerprint density at radius 3 is 3.05 bits per heavy atom. The summed E-state index contributed by atoms with van der Waals surface area (Å²) < 4.78 is 1.55. The highest BCUT2D eigenvalue weighted by atomic mass is 32.2. The van der Waals surface area contributed by atoms with Crippen LogP contribution in [0, 0.1) is 6.92 Å². The number of hydrogen-bond donors (Lipinski definition) is 1. The summed E-state index contributed by atoms with van der Waals surface area (Å²) in [5.41, 5.74) is 8.64. The van der Waals surface area contributed by atoms with E-state index in [1.807, 2.05) is 30.5 Å². The maximum atomic E-state index is 11.9. The first-order valence-corrected chi connectivity index (χ1v) is 7.95. The average molecular weight is 303 g/mol. The number of fused-ring (bicyclic) bond motifs is 1. The molecule has 2 aromatic heterocycles. The number of thioether (sulfide) groups is 1. The molecule has 3 rings (SSSR count). The molecule has 3 aromatic rings. The number of hydrogen-bond acceptors (Lipinski definition) is 5. The summed E-state index contributed by atoms with van der Waals surface area (Å²) in [5, 5.41) is 1.86. The van der Waals surface area contributed by atoms with Crippen LogP contribution in [-0.2, 0) is 5.75 Å². The van der Waals surface area contributed by atoms with E-state index in [4.69, 9.17) is 5.73 Å². The van der Waals surface area contributed by atoms with Gasteiger partial charge in [0.1, 0.15) is 0 Å². The van der Waals surface area contributed by atoms with Crippen LogP contribution in [0.1, 0.15) is 11.3 Å². The molecule has 0 saturated heterocycles. The van der Waals surface area contributed by atoms with Crippen LogP contribution in [0.2, 0.25) is 0 Å². The minimum atomic E-state index is -0.0382. The zero-order chi connectivity index (χ0) is 14.1. The lowest BCUT2D eigenvalue weighted by atomic mass is 10.2. The normalized spacial score (nSPS) is 11.1.